The number of nitrogens with zero attached hydrogens (tertiary/aromatic N) is 4. The van der Waals surface area contributed by atoms with Crippen LogP contribution in [-0.2, 0) is 28.6 Å². The molecule has 4 fully saturated rings. The zero-order valence-electron chi connectivity index (χ0n) is 41.1. The van der Waals surface area contributed by atoms with Crippen LogP contribution in [0, 0.1) is 24.2 Å². The number of aromatic nitrogens is 4. The lowest BCUT2D eigenvalue weighted by atomic mass is 9.98. The highest BCUT2D eigenvalue weighted by Gasteiger charge is 2.54. The lowest BCUT2D eigenvalue weighted by Gasteiger charge is -2.30. The maximum atomic E-state index is 13.2. The number of benzene rings is 3. The van der Waals surface area contributed by atoms with Crippen molar-refractivity contribution in [1.29, 1.82) is 0 Å². The Labute approximate surface area is 406 Å². The molecular weight excluding hydrogens is 883 g/mol. The van der Waals surface area contributed by atoms with E-state index in [1.54, 1.807) is 21.3 Å². The van der Waals surface area contributed by atoms with Crippen molar-refractivity contribution in [3.63, 3.8) is 0 Å². The molecule has 2 aliphatic carbocycles. The zero-order chi connectivity index (χ0) is 50.5. The summed E-state index contributed by atoms with van der Waals surface area (Å²) in [5.74, 6) is 3.11. The van der Waals surface area contributed by atoms with Gasteiger partial charge in [-0.1, -0.05) is 68.8 Å². The molecule has 4 heterocycles. The first kappa shape index (κ1) is 55.2. The van der Waals surface area contributed by atoms with Gasteiger partial charge in [-0.3, -0.25) is 14.5 Å². The number of alkyl halides is 2. The monoisotopic (exact) mass is 953 g/mol. The summed E-state index contributed by atoms with van der Waals surface area (Å²) in [6.07, 6.45) is 21.5. The van der Waals surface area contributed by atoms with Gasteiger partial charge in [-0.15, -0.1) is 12.8 Å². The predicted molar refractivity (Wildman–Crippen MR) is 268 cm³/mol. The van der Waals surface area contributed by atoms with Crippen LogP contribution in [0.4, 0.5) is 8.78 Å². The van der Waals surface area contributed by atoms with E-state index in [1.807, 2.05) is 17.3 Å². The van der Waals surface area contributed by atoms with Crippen LogP contribution >= 0.6 is 0 Å². The van der Waals surface area contributed by atoms with Crippen molar-refractivity contribution < 1.29 is 37.4 Å². The maximum Gasteiger partial charge on any atom is 0.345 e. The van der Waals surface area contributed by atoms with E-state index in [9.17, 15) is 23.2 Å². The minimum Gasteiger partial charge on any atom is -0.483 e. The standard InChI is InChI=1S/C40H43N7O2.C3H6F2O.C3H5NO2.C3H8.C2H6O.C2H2/c1-24(49-3)41-22-36(48)47-23-40(14-15-40)19-35(47)38-42-21-34(44-38)30-11-10-28-16-27(8-9-29(28)17-30)25-4-6-26(7-5-25)33-20-43-39(45-33)37-31-12-13-32(18-31)46(37)2;1-2-6-3(4)5;5-2-1-4-3-6;2*1-3-2;1-2/h4-11,16-17,20-21,31-32,35,37,41H,1,12-15,18-19,22-23H2,2-3H3,(H,42,44)(H,43,45);3H,2H2,1H3;2-3H,1H2,(H,4,6);3H2,1-2H3;1-2H3;1-2H/t31-,32+,35?,37-;;;;;/m0...../s1. The lowest BCUT2D eigenvalue weighted by molar-refractivity contribution is -0.131. The normalized spacial score (nSPS) is 18.9. The largest absolute Gasteiger partial charge is 0.483 e. The van der Waals surface area contributed by atoms with Crippen molar-refractivity contribution in [1.82, 2.24) is 40.4 Å². The molecule has 2 bridgehead atoms. The van der Waals surface area contributed by atoms with Crippen LogP contribution in [-0.4, -0.2) is 116 Å². The number of nitrogens with one attached hydrogen (secondary N) is 4. The average molecular weight is 953 g/mol. The number of terminal acetylenes is 1. The first-order valence-corrected chi connectivity index (χ1v) is 23.3. The summed E-state index contributed by atoms with van der Waals surface area (Å²) < 4.78 is 34.7. The summed E-state index contributed by atoms with van der Waals surface area (Å²) in [5, 5.41) is 7.48. The van der Waals surface area contributed by atoms with Gasteiger partial charge in [-0.05, 0) is 110 Å². The fourth-order valence-corrected chi connectivity index (χ4v) is 9.02. The Balaban J connectivity index is 0.000000444. The smallest absolute Gasteiger partial charge is 0.345 e. The highest BCUT2D eigenvalue weighted by Crippen LogP contribution is 2.58. The van der Waals surface area contributed by atoms with Crippen LogP contribution in [0.3, 0.4) is 0 Å². The molecule has 4 atom stereocenters. The van der Waals surface area contributed by atoms with Crippen molar-refractivity contribution in [2.24, 2.45) is 11.3 Å². The molecule has 1 spiro atoms. The molecule has 2 saturated heterocycles. The van der Waals surface area contributed by atoms with E-state index in [0.717, 1.165) is 53.0 Å². The van der Waals surface area contributed by atoms with E-state index >= 15 is 0 Å². The molecule has 69 heavy (non-hydrogen) atoms. The number of halogens is 2. The number of ether oxygens (including phenoxy) is 3. The quantitative estimate of drug-likeness (QED) is 0.0365. The number of H-pyrrole nitrogens is 2. The Bertz CT molecular complexity index is 2390. The van der Waals surface area contributed by atoms with E-state index in [4.69, 9.17) is 14.7 Å². The van der Waals surface area contributed by atoms with E-state index in [-0.39, 0.29) is 37.1 Å². The Morgan fingerprint density at radius 2 is 1.46 bits per heavy atom. The summed E-state index contributed by atoms with van der Waals surface area (Å²) >= 11 is 0. The van der Waals surface area contributed by atoms with Crippen molar-refractivity contribution in [2.75, 3.05) is 54.6 Å². The number of aromatic amines is 2. The molecule has 4 aliphatic rings. The summed E-state index contributed by atoms with van der Waals surface area (Å²) in [6.45, 7) is 8.07. The molecule has 4 N–H and O–H groups in total. The van der Waals surface area contributed by atoms with Crippen LogP contribution in [0.15, 0.2) is 85.5 Å². The third-order valence-electron chi connectivity index (χ3n) is 12.4. The second-order valence-corrected chi connectivity index (χ2v) is 17.3. The fourth-order valence-electron chi connectivity index (χ4n) is 9.02. The maximum absolute atomic E-state index is 13.2. The van der Waals surface area contributed by atoms with Gasteiger partial charge in [0, 0.05) is 39.0 Å². The number of hydrogen-bond donors (Lipinski definition) is 4. The second-order valence-electron chi connectivity index (χ2n) is 17.3. The predicted octanol–water partition coefficient (Wildman–Crippen LogP) is 9.31. The molecule has 16 heteroatoms. The van der Waals surface area contributed by atoms with Gasteiger partial charge >= 0.3 is 6.61 Å². The first-order chi connectivity index (χ1) is 33.4. The Morgan fingerprint density at radius 3 is 1.99 bits per heavy atom. The number of carbonyl (C=O) groups is 3. The van der Waals surface area contributed by atoms with Crippen LogP contribution in [0.1, 0.15) is 89.4 Å². The van der Waals surface area contributed by atoms with Crippen molar-refractivity contribution in [3.05, 3.63) is 97.2 Å². The highest BCUT2D eigenvalue weighted by atomic mass is 19.3. The number of methoxy groups -OCH3 is 2. The molecule has 2 aliphatic heterocycles. The number of amides is 2. The lowest BCUT2D eigenvalue weighted by Crippen LogP contribution is -2.38. The minimum atomic E-state index is -2.60. The van der Waals surface area contributed by atoms with Gasteiger partial charge < -0.3 is 44.5 Å². The average Bonchev–Trinajstić information content (AvgIpc) is 3.99. The van der Waals surface area contributed by atoms with Gasteiger partial charge in [-0.25, -0.2) is 9.97 Å². The van der Waals surface area contributed by atoms with E-state index in [0.29, 0.717) is 30.7 Å². The summed E-state index contributed by atoms with van der Waals surface area (Å²) in [5.41, 5.74) is 6.88. The third kappa shape index (κ3) is 15.0. The van der Waals surface area contributed by atoms with Gasteiger partial charge in [-0.2, -0.15) is 8.78 Å². The van der Waals surface area contributed by atoms with E-state index in [1.165, 1.54) is 67.3 Å². The number of likely N-dealkylation sites (tertiary alicyclic amines) is 2. The molecule has 3 aromatic carbocycles. The molecule has 2 aromatic heterocycles. The van der Waals surface area contributed by atoms with Gasteiger partial charge in [0.15, 0.2) is 5.88 Å². The van der Waals surface area contributed by atoms with Gasteiger partial charge in [0.1, 0.15) is 17.9 Å². The number of rotatable bonds is 14. The number of fused-ring (bicyclic) bond motifs is 3. The minimum absolute atomic E-state index is 0.0374. The SMILES string of the molecule is C#C.C=C(NCC(=O)N1CC2(CC2)CC1c1ncc(-c2ccc3cc(-c4ccc(-c5cnc([C@@H]6[C@H]7CC[C@H](C7)N6C)[nH]5)cc4)ccc3c2)[nH]1)OC.CCC.CCOC(F)F.COC.O=CCNC=O. The van der Waals surface area contributed by atoms with Crippen LogP contribution in [0.5, 0.6) is 0 Å². The third-order valence-corrected chi connectivity index (χ3v) is 12.4. The number of imidazole rings is 2. The van der Waals surface area contributed by atoms with Gasteiger partial charge in [0.25, 0.3) is 0 Å². The fraction of sp³-hybridized carbons (Fsp3) is 0.453. The highest BCUT2D eigenvalue weighted by molar-refractivity contribution is 5.90. The number of piperidine rings is 1. The van der Waals surface area contributed by atoms with E-state index in [2.05, 4.69) is 136 Å². The molecular formula is C53H70F2N8O6. The Hall–Kier alpha value is -6.41. The number of carbonyl (C=O) groups excluding carboxylic acids is 3. The molecule has 2 saturated carbocycles. The van der Waals surface area contributed by atoms with Crippen molar-refractivity contribution in [3.8, 4) is 46.5 Å². The molecule has 372 valence electrons. The number of aldehydes is 1. The second kappa shape index (κ2) is 27.6. The van der Waals surface area contributed by atoms with Gasteiger partial charge in [0.05, 0.1) is 56.1 Å². The van der Waals surface area contributed by atoms with E-state index < -0.39 is 6.61 Å². The molecule has 0 radical (unpaired) electrons. The Kier molecular flexibility index (Phi) is 22.0. The molecule has 9 rings (SSSR count). The number of hydrogen-bond acceptors (Lipinski definition) is 10. The molecule has 2 amide bonds. The molecule has 5 aromatic rings. The zero-order valence-corrected chi connectivity index (χ0v) is 41.1. The molecule has 14 nitrogen and oxygen atoms in total. The summed E-state index contributed by atoms with van der Waals surface area (Å²) in [7, 11) is 7.05. The van der Waals surface area contributed by atoms with Crippen LogP contribution in [0.2, 0.25) is 0 Å². The summed E-state index contributed by atoms with van der Waals surface area (Å²) in [4.78, 5) is 53.1. The Morgan fingerprint density at radius 1 is 0.899 bits per heavy atom. The van der Waals surface area contributed by atoms with Crippen LogP contribution < -0.4 is 10.6 Å². The summed E-state index contributed by atoms with van der Waals surface area (Å²) in [6, 6.07) is 23.1. The van der Waals surface area contributed by atoms with Crippen molar-refractivity contribution >= 4 is 29.4 Å². The van der Waals surface area contributed by atoms with Crippen LogP contribution in [0.25, 0.3) is 44.4 Å². The topological polar surface area (TPSA) is 167 Å². The molecule has 1 unspecified atom stereocenters. The van der Waals surface area contributed by atoms with Gasteiger partial charge in [0.2, 0.25) is 12.3 Å². The first-order valence-electron chi connectivity index (χ1n) is 23.3. The van der Waals surface area contributed by atoms with Crippen molar-refractivity contribution in [2.45, 2.75) is 90.5 Å².